The molecule has 2 aromatic rings. The number of hydrogen-bond acceptors (Lipinski definition) is 3. The van der Waals surface area contributed by atoms with Crippen molar-refractivity contribution in [1.82, 2.24) is 0 Å². The Morgan fingerprint density at radius 2 is 1.91 bits per heavy atom. The molecule has 1 aliphatic heterocycles. The van der Waals surface area contributed by atoms with Gasteiger partial charge in [0.15, 0.2) is 0 Å². The number of halogens is 1. The second-order valence-corrected chi connectivity index (χ2v) is 5.62. The molecule has 2 aromatic carbocycles. The summed E-state index contributed by atoms with van der Waals surface area (Å²) in [5.41, 5.74) is 1.55. The van der Waals surface area contributed by atoms with Crippen molar-refractivity contribution < 1.29 is 9.72 Å². The van der Waals surface area contributed by atoms with Crippen LogP contribution in [-0.4, -0.2) is 17.4 Å². The number of anilines is 1. The largest absolute Gasteiger partial charge is 0.310 e. The van der Waals surface area contributed by atoms with Crippen molar-refractivity contribution in [2.45, 2.75) is 12.3 Å². The van der Waals surface area contributed by atoms with Gasteiger partial charge in [0.2, 0.25) is 5.91 Å². The molecule has 1 unspecified atom stereocenters. The Hall–Kier alpha value is -2.40. The summed E-state index contributed by atoms with van der Waals surface area (Å²) in [6.45, 7) is 0.528. The predicted octanol–water partition coefficient (Wildman–Crippen LogP) is 3.77. The third-order valence-corrected chi connectivity index (χ3v) is 4.13. The fraction of sp³-hybridized carbons (Fsp3) is 0.188. The Kier molecular flexibility index (Phi) is 3.81. The monoisotopic (exact) mass is 316 g/mol. The molecule has 0 saturated carbocycles. The highest BCUT2D eigenvalue weighted by Crippen LogP contribution is 2.36. The lowest BCUT2D eigenvalue weighted by molar-refractivity contribution is -0.384. The maximum absolute atomic E-state index is 12.3. The fourth-order valence-electron chi connectivity index (χ4n) is 2.72. The molecule has 112 valence electrons. The molecule has 1 heterocycles. The molecule has 0 aliphatic carbocycles. The Morgan fingerprint density at radius 1 is 1.18 bits per heavy atom. The molecule has 0 N–H and O–H groups in total. The molecule has 1 aliphatic rings. The van der Waals surface area contributed by atoms with Crippen LogP contribution in [0.15, 0.2) is 48.5 Å². The summed E-state index contributed by atoms with van der Waals surface area (Å²) in [7, 11) is 0. The summed E-state index contributed by atoms with van der Waals surface area (Å²) in [5, 5.41) is 11.0. The molecule has 1 amide bonds. The predicted molar refractivity (Wildman–Crippen MR) is 84.3 cm³/mol. The molecule has 0 aromatic heterocycles. The first-order valence-corrected chi connectivity index (χ1v) is 7.23. The van der Waals surface area contributed by atoms with E-state index in [2.05, 4.69) is 0 Å². The normalized spacial score (nSPS) is 17.8. The van der Waals surface area contributed by atoms with Gasteiger partial charge in [-0.15, -0.1) is 0 Å². The lowest BCUT2D eigenvalue weighted by Crippen LogP contribution is -2.24. The fourth-order valence-corrected chi connectivity index (χ4v) is 2.99. The van der Waals surface area contributed by atoms with Crippen LogP contribution in [0.5, 0.6) is 0 Å². The minimum Gasteiger partial charge on any atom is -0.310 e. The van der Waals surface area contributed by atoms with Crippen molar-refractivity contribution in [3.8, 4) is 0 Å². The van der Waals surface area contributed by atoms with E-state index in [0.717, 1.165) is 5.56 Å². The number of hydrogen-bond donors (Lipinski definition) is 0. The van der Waals surface area contributed by atoms with Gasteiger partial charge >= 0.3 is 0 Å². The van der Waals surface area contributed by atoms with Crippen LogP contribution in [0.1, 0.15) is 17.9 Å². The van der Waals surface area contributed by atoms with Crippen molar-refractivity contribution in [2.24, 2.45) is 0 Å². The van der Waals surface area contributed by atoms with Crippen LogP contribution in [0.3, 0.4) is 0 Å². The maximum atomic E-state index is 12.3. The summed E-state index contributed by atoms with van der Waals surface area (Å²) in [4.78, 5) is 24.1. The van der Waals surface area contributed by atoms with E-state index >= 15 is 0 Å². The molecule has 1 fully saturated rings. The van der Waals surface area contributed by atoms with Gasteiger partial charge in [0.05, 0.1) is 15.6 Å². The highest BCUT2D eigenvalue weighted by atomic mass is 35.5. The van der Waals surface area contributed by atoms with Gasteiger partial charge in [-0.3, -0.25) is 14.9 Å². The van der Waals surface area contributed by atoms with Gasteiger partial charge in [0, 0.05) is 31.0 Å². The van der Waals surface area contributed by atoms with Gasteiger partial charge < -0.3 is 4.90 Å². The van der Waals surface area contributed by atoms with Crippen molar-refractivity contribution in [1.29, 1.82) is 0 Å². The van der Waals surface area contributed by atoms with Gasteiger partial charge in [-0.05, 0) is 11.6 Å². The lowest BCUT2D eigenvalue weighted by atomic mass is 9.98. The van der Waals surface area contributed by atoms with E-state index in [-0.39, 0.29) is 22.5 Å². The topological polar surface area (TPSA) is 63.5 Å². The van der Waals surface area contributed by atoms with Crippen LogP contribution in [-0.2, 0) is 4.79 Å². The van der Waals surface area contributed by atoms with Crippen LogP contribution >= 0.6 is 11.6 Å². The number of nitro groups is 1. The van der Waals surface area contributed by atoms with E-state index in [1.165, 1.54) is 18.2 Å². The first-order valence-electron chi connectivity index (χ1n) is 6.85. The Balaban J connectivity index is 1.87. The van der Waals surface area contributed by atoms with E-state index in [0.29, 0.717) is 18.7 Å². The maximum Gasteiger partial charge on any atom is 0.271 e. The number of rotatable bonds is 3. The molecule has 22 heavy (non-hydrogen) atoms. The van der Waals surface area contributed by atoms with Crippen LogP contribution < -0.4 is 4.90 Å². The number of non-ortho nitro benzene ring substituents is 1. The van der Waals surface area contributed by atoms with Gasteiger partial charge in [-0.25, -0.2) is 0 Å². The van der Waals surface area contributed by atoms with Crippen molar-refractivity contribution in [3.63, 3.8) is 0 Å². The van der Waals surface area contributed by atoms with E-state index in [4.69, 9.17) is 11.6 Å². The molecule has 5 nitrogen and oxygen atoms in total. The highest BCUT2D eigenvalue weighted by molar-refractivity contribution is 6.34. The van der Waals surface area contributed by atoms with Gasteiger partial charge in [0.1, 0.15) is 0 Å². The van der Waals surface area contributed by atoms with Crippen molar-refractivity contribution in [3.05, 3.63) is 69.2 Å². The molecule has 0 spiro atoms. The second kappa shape index (κ2) is 5.77. The number of carbonyl (C=O) groups excluding carboxylic acids is 1. The third kappa shape index (κ3) is 2.67. The molecule has 0 bridgehead atoms. The zero-order valence-electron chi connectivity index (χ0n) is 11.6. The summed E-state index contributed by atoms with van der Waals surface area (Å²) in [6, 6.07) is 14.0. The first kappa shape index (κ1) is 14.5. The Labute approximate surface area is 132 Å². The van der Waals surface area contributed by atoms with Gasteiger partial charge in [0.25, 0.3) is 5.69 Å². The van der Waals surface area contributed by atoms with E-state index in [9.17, 15) is 14.9 Å². The average molecular weight is 317 g/mol. The molecular weight excluding hydrogens is 304 g/mol. The lowest BCUT2D eigenvalue weighted by Gasteiger charge is -2.18. The van der Waals surface area contributed by atoms with E-state index in [1.54, 1.807) is 4.90 Å². The van der Waals surface area contributed by atoms with Crippen LogP contribution in [0.25, 0.3) is 0 Å². The molecule has 3 rings (SSSR count). The van der Waals surface area contributed by atoms with Gasteiger partial charge in [-0.1, -0.05) is 41.9 Å². The van der Waals surface area contributed by atoms with Crippen LogP contribution in [0, 0.1) is 10.1 Å². The zero-order valence-corrected chi connectivity index (χ0v) is 12.4. The summed E-state index contributed by atoms with van der Waals surface area (Å²) < 4.78 is 0. The summed E-state index contributed by atoms with van der Waals surface area (Å²) in [6.07, 6.45) is 0.414. The van der Waals surface area contributed by atoms with E-state index in [1.807, 2.05) is 30.3 Å². The third-order valence-electron chi connectivity index (χ3n) is 3.83. The number of carbonyl (C=O) groups is 1. The average Bonchev–Trinajstić information content (AvgIpc) is 2.90. The Morgan fingerprint density at radius 3 is 2.55 bits per heavy atom. The molecular formula is C16H13ClN2O3. The van der Waals surface area contributed by atoms with Crippen molar-refractivity contribution in [2.75, 3.05) is 11.4 Å². The number of nitro benzene ring substituents is 1. The number of amides is 1. The summed E-state index contributed by atoms with van der Waals surface area (Å²) in [5.74, 6) is 0.0876. The molecule has 6 heteroatoms. The smallest absolute Gasteiger partial charge is 0.271 e. The Bertz CT molecular complexity index is 733. The quantitative estimate of drug-likeness (QED) is 0.639. The second-order valence-electron chi connectivity index (χ2n) is 5.21. The van der Waals surface area contributed by atoms with Gasteiger partial charge in [-0.2, -0.15) is 0 Å². The van der Waals surface area contributed by atoms with Crippen LogP contribution in [0.4, 0.5) is 11.4 Å². The molecule has 0 radical (unpaired) electrons. The standard InChI is InChI=1S/C16H13ClN2O3/c17-14-9-13(19(21)22)6-7-15(14)18-10-12(8-16(18)20)11-4-2-1-3-5-11/h1-7,9,12H,8,10H2. The first-order chi connectivity index (χ1) is 10.6. The van der Waals surface area contributed by atoms with Crippen LogP contribution in [0.2, 0.25) is 5.02 Å². The highest BCUT2D eigenvalue weighted by Gasteiger charge is 2.32. The van der Waals surface area contributed by atoms with E-state index < -0.39 is 4.92 Å². The molecule has 1 saturated heterocycles. The number of nitrogens with zero attached hydrogens (tertiary/aromatic N) is 2. The number of benzene rings is 2. The minimum absolute atomic E-state index is 0.0235. The SMILES string of the molecule is O=C1CC(c2ccccc2)CN1c1ccc([N+](=O)[O-])cc1Cl. The molecule has 1 atom stereocenters. The minimum atomic E-state index is -0.506. The zero-order chi connectivity index (χ0) is 15.7. The summed E-state index contributed by atoms with van der Waals surface area (Å²) >= 11 is 6.11. The van der Waals surface area contributed by atoms with Crippen molar-refractivity contribution >= 4 is 28.9 Å².